The lowest BCUT2D eigenvalue weighted by Crippen LogP contribution is -2.57. The molecule has 2 aromatic carbocycles. The lowest BCUT2D eigenvalue weighted by molar-refractivity contribution is 0.00490. The molecule has 0 amide bonds. The van der Waals surface area contributed by atoms with Crippen LogP contribution in [0.1, 0.15) is 24.4 Å². The molecule has 5 heterocycles. The van der Waals surface area contributed by atoms with Crippen molar-refractivity contribution >= 4 is 31.8 Å². The van der Waals surface area contributed by atoms with Gasteiger partial charge in [-0.1, -0.05) is 42.5 Å². The van der Waals surface area contributed by atoms with Crippen LogP contribution in [0.5, 0.6) is 0 Å². The fourth-order valence-corrected chi connectivity index (χ4v) is 7.41. The van der Waals surface area contributed by atoms with Crippen molar-refractivity contribution in [2.75, 3.05) is 13.1 Å². The lowest BCUT2D eigenvalue weighted by atomic mass is 9.73. The van der Waals surface area contributed by atoms with Gasteiger partial charge in [-0.3, -0.25) is 14.9 Å². The van der Waals surface area contributed by atoms with Crippen LogP contribution in [0.15, 0.2) is 90.6 Å². The second-order valence-corrected chi connectivity index (χ2v) is 11.3. The third-order valence-corrected chi connectivity index (χ3v) is 9.20. The number of nitrogens with one attached hydrogen (secondary N) is 1. The van der Waals surface area contributed by atoms with Crippen LogP contribution >= 0.6 is 0 Å². The number of nitrogens with zero attached hydrogens (tertiary/aromatic N) is 3. The fraction of sp³-hybridized carbons (Fsp3) is 0.286. The Morgan fingerprint density at radius 3 is 2.71 bits per heavy atom. The van der Waals surface area contributed by atoms with E-state index >= 15 is 0 Å². The van der Waals surface area contributed by atoms with E-state index in [4.69, 9.17) is 0 Å². The summed E-state index contributed by atoms with van der Waals surface area (Å²) in [4.78, 5) is 11.6. The standard InChI is InChI=1S/C28H28N4O2S/c1-2-19-18-32-16-13-21(19)17-25(32)28(23-12-15-29-24-10-4-3-9-22(23)24)31-35(33,34)26-11-5-7-20-8-6-14-30-27(20)26/h2-12,14-15,19,21,25,28,31H,1,13,16-18H2/t19?,21?,25?,28-/m0/s1. The van der Waals surface area contributed by atoms with E-state index < -0.39 is 16.1 Å². The summed E-state index contributed by atoms with van der Waals surface area (Å²) in [6, 6.07) is 18.5. The molecule has 35 heavy (non-hydrogen) atoms. The number of piperidine rings is 3. The highest BCUT2D eigenvalue weighted by molar-refractivity contribution is 7.89. The molecule has 4 aromatic rings. The molecule has 178 valence electrons. The van der Waals surface area contributed by atoms with E-state index in [-0.39, 0.29) is 10.9 Å². The number of hydrogen-bond acceptors (Lipinski definition) is 5. The van der Waals surface area contributed by atoms with E-state index in [1.165, 1.54) is 0 Å². The monoisotopic (exact) mass is 484 g/mol. The van der Waals surface area contributed by atoms with Gasteiger partial charge in [0, 0.05) is 35.8 Å². The van der Waals surface area contributed by atoms with Gasteiger partial charge < -0.3 is 0 Å². The van der Waals surface area contributed by atoms with E-state index in [0.717, 1.165) is 47.8 Å². The first-order valence-electron chi connectivity index (χ1n) is 12.1. The molecule has 1 N–H and O–H groups in total. The number of benzene rings is 2. The van der Waals surface area contributed by atoms with Gasteiger partial charge in [0.05, 0.1) is 17.1 Å². The Morgan fingerprint density at radius 2 is 1.89 bits per heavy atom. The summed E-state index contributed by atoms with van der Waals surface area (Å²) in [6.45, 7) is 5.93. The fourth-order valence-electron chi connectivity index (χ4n) is 5.99. The van der Waals surface area contributed by atoms with Crippen LogP contribution in [0.25, 0.3) is 21.8 Å². The van der Waals surface area contributed by atoms with Gasteiger partial charge in [-0.05, 0) is 61.1 Å². The van der Waals surface area contributed by atoms with Crippen molar-refractivity contribution < 1.29 is 8.42 Å². The number of rotatable bonds is 6. The summed E-state index contributed by atoms with van der Waals surface area (Å²) >= 11 is 0. The van der Waals surface area contributed by atoms with E-state index in [0.29, 0.717) is 17.4 Å². The van der Waals surface area contributed by atoms with Crippen molar-refractivity contribution in [1.82, 2.24) is 19.6 Å². The highest BCUT2D eigenvalue weighted by Gasteiger charge is 2.44. The van der Waals surface area contributed by atoms with Crippen LogP contribution < -0.4 is 4.72 Å². The van der Waals surface area contributed by atoms with Crippen molar-refractivity contribution in [3.05, 3.63) is 91.3 Å². The average Bonchev–Trinajstić information content (AvgIpc) is 2.91. The molecule has 7 rings (SSSR count). The van der Waals surface area contributed by atoms with Crippen molar-refractivity contribution in [2.24, 2.45) is 11.8 Å². The highest BCUT2D eigenvalue weighted by atomic mass is 32.2. The minimum atomic E-state index is -3.87. The minimum absolute atomic E-state index is 0.0495. The molecule has 2 bridgehead atoms. The van der Waals surface area contributed by atoms with Gasteiger partial charge in [-0.15, -0.1) is 6.58 Å². The van der Waals surface area contributed by atoms with Gasteiger partial charge in [0.1, 0.15) is 4.90 Å². The average molecular weight is 485 g/mol. The minimum Gasteiger partial charge on any atom is -0.298 e. The maximum Gasteiger partial charge on any atom is 0.243 e. The van der Waals surface area contributed by atoms with Crippen LogP contribution in [0.2, 0.25) is 0 Å². The molecule has 7 heteroatoms. The maximum absolute atomic E-state index is 13.9. The first kappa shape index (κ1) is 22.3. The highest BCUT2D eigenvalue weighted by Crippen LogP contribution is 2.42. The molecule has 0 aliphatic carbocycles. The summed E-state index contributed by atoms with van der Waals surface area (Å²) in [7, 11) is -3.87. The number of aromatic nitrogens is 2. The molecule has 3 aliphatic heterocycles. The second-order valence-electron chi connectivity index (χ2n) is 9.59. The second kappa shape index (κ2) is 8.82. The smallest absolute Gasteiger partial charge is 0.243 e. The molecule has 0 radical (unpaired) electrons. The summed E-state index contributed by atoms with van der Waals surface area (Å²) < 4.78 is 31.0. The number of sulfonamides is 1. The Labute approximate surface area is 205 Å². The Bertz CT molecular complexity index is 1510. The molecule has 3 saturated heterocycles. The maximum atomic E-state index is 13.9. The number of hydrogen-bond donors (Lipinski definition) is 1. The zero-order valence-corrected chi connectivity index (χ0v) is 20.2. The number of pyridine rings is 2. The van der Waals surface area contributed by atoms with Gasteiger partial charge in [-0.25, -0.2) is 13.1 Å². The molecule has 0 saturated carbocycles. The third kappa shape index (κ3) is 3.93. The predicted molar refractivity (Wildman–Crippen MR) is 138 cm³/mol. The summed E-state index contributed by atoms with van der Waals surface area (Å²) in [5, 5.41) is 1.78. The predicted octanol–water partition coefficient (Wildman–Crippen LogP) is 4.70. The molecule has 6 nitrogen and oxygen atoms in total. The number of para-hydroxylation sites is 2. The zero-order chi connectivity index (χ0) is 24.0. The van der Waals surface area contributed by atoms with Crippen LogP contribution in [-0.2, 0) is 10.0 Å². The van der Waals surface area contributed by atoms with Crippen molar-refractivity contribution in [3.63, 3.8) is 0 Å². The molecule has 4 unspecified atom stereocenters. The van der Waals surface area contributed by atoms with Gasteiger partial charge in [0.2, 0.25) is 10.0 Å². The molecular weight excluding hydrogens is 456 g/mol. The molecule has 2 aromatic heterocycles. The molecule has 3 fully saturated rings. The van der Waals surface area contributed by atoms with Crippen LogP contribution in [0.4, 0.5) is 0 Å². The van der Waals surface area contributed by atoms with Gasteiger partial charge >= 0.3 is 0 Å². The van der Waals surface area contributed by atoms with Crippen LogP contribution in [0.3, 0.4) is 0 Å². The summed E-state index contributed by atoms with van der Waals surface area (Å²) in [6.07, 6.45) is 7.53. The van der Waals surface area contributed by atoms with E-state index in [9.17, 15) is 8.42 Å². The van der Waals surface area contributed by atoms with Gasteiger partial charge in [0.25, 0.3) is 0 Å². The SMILES string of the molecule is C=CC1CN2CCC1CC2[C@@H](NS(=O)(=O)c1cccc2cccnc12)c1ccnc2ccccc12. The Morgan fingerprint density at radius 1 is 1.03 bits per heavy atom. The quantitative estimate of drug-likeness (QED) is 0.402. The summed E-state index contributed by atoms with van der Waals surface area (Å²) in [5.41, 5.74) is 2.30. The van der Waals surface area contributed by atoms with Crippen LogP contribution in [0, 0.1) is 11.8 Å². The van der Waals surface area contributed by atoms with Crippen molar-refractivity contribution in [1.29, 1.82) is 0 Å². The number of fused-ring (bicyclic) bond motifs is 5. The van der Waals surface area contributed by atoms with E-state index in [1.807, 2.05) is 48.5 Å². The Hall–Kier alpha value is -3.13. The van der Waals surface area contributed by atoms with Crippen molar-refractivity contribution in [3.8, 4) is 0 Å². The lowest BCUT2D eigenvalue weighted by Gasteiger charge is -2.51. The topological polar surface area (TPSA) is 75.2 Å². The molecule has 5 atom stereocenters. The largest absolute Gasteiger partial charge is 0.298 e. The molecular formula is C28H28N4O2S. The van der Waals surface area contributed by atoms with Gasteiger partial charge in [0.15, 0.2) is 0 Å². The van der Waals surface area contributed by atoms with Crippen LogP contribution in [-0.4, -0.2) is 42.4 Å². The van der Waals surface area contributed by atoms with Gasteiger partial charge in [-0.2, -0.15) is 0 Å². The first-order valence-corrected chi connectivity index (χ1v) is 13.6. The third-order valence-electron chi connectivity index (χ3n) is 7.72. The molecule has 3 aliphatic rings. The summed E-state index contributed by atoms with van der Waals surface area (Å²) in [5.74, 6) is 0.968. The first-order chi connectivity index (χ1) is 17.0. The normalized spacial score (nSPS) is 25.0. The zero-order valence-electron chi connectivity index (χ0n) is 19.4. The Balaban J connectivity index is 1.47. The van der Waals surface area contributed by atoms with Crippen molar-refractivity contribution in [2.45, 2.75) is 29.8 Å². The van der Waals surface area contributed by atoms with E-state index in [1.54, 1.807) is 24.5 Å². The van der Waals surface area contributed by atoms with E-state index in [2.05, 4.69) is 32.2 Å². The Kier molecular flexibility index (Phi) is 5.63. The molecule has 0 spiro atoms.